The second-order valence-electron chi connectivity index (χ2n) is 2.07. The van der Waals surface area contributed by atoms with Gasteiger partial charge in [0, 0.05) is 7.11 Å². The molecule has 0 aliphatic heterocycles. The predicted octanol–water partition coefficient (Wildman–Crippen LogP) is 1.11. The lowest BCUT2D eigenvalue weighted by Gasteiger charge is -2.17. The minimum Gasteiger partial charge on any atom is -0.368 e. The Morgan fingerprint density at radius 3 is 2.20 bits per heavy atom. The van der Waals surface area contributed by atoms with E-state index in [9.17, 15) is 0 Å². The van der Waals surface area contributed by atoms with Crippen molar-refractivity contribution < 1.29 is 14.6 Å². The number of methoxy groups -OCH3 is 1. The molecule has 0 unspecified atom stereocenters. The highest BCUT2D eigenvalue weighted by Gasteiger charge is 2.08. The zero-order valence-electron chi connectivity index (χ0n) is 6.83. The zero-order valence-corrected chi connectivity index (χ0v) is 6.83. The van der Waals surface area contributed by atoms with Crippen molar-refractivity contribution >= 4 is 0 Å². The fraction of sp³-hybridized carbons (Fsp3) is 1.00. The van der Waals surface area contributed by atoms with Crippen molar-refractivity contribution in [1.82, 2.24) is 0 Å². The second-order valence-corrected chi connectivity index (χ2v) is 2.07. The maximum Gasteiger partial charge on any atom is 0.160 e. The van der Waals surface area contributed by atoms with E-state index in [0.717, 1.165) is 6.42 Å². The molecule has 0 heterocycles. The zero-order chi connectivity index (χ0) is 7.98. The van der Waals surface area contributed by atoms with Crippen molar-refractivity contribution in [3.63, 3.8) is 0 Å². The quantitative estimate of drug-likeness (QED) is 0.594. The number of hydrogen-bond donors (Lipinski definition) is 1. The number of rotatable bonds is 5. The van der Waals surface area contributed by atoms with E-state index < -0.39 is 6.29 Å². The summed E-state index contributed by atoms with van der Waals surface area (Å²) in [7, 11) is 1.57. The van der Waals surface area contributed by atoms with E-state index in [-0.39, 0.29) is 6.29 Å². The normalized spacial score (nSPS) is 16.8. The van der Waals surface area contributed by atoms with Gasteiger partial charge >= 0.3 is 0 Å². The third kappa shape index (κ3) is 3.82. The van der Waals surface area contributed by atoms with E-state index in [1.54, 1.807) is 7.11 Å². The smallest absolute Gasteiger partial charge is 0.160 e. The van der Waals surface area contributed by atoms with Gasteiger partial charge < -0.3 is 14.6 Å². The standard InChI is InChI=1S/C7H16O3/c1-4-6(8)10-7(5-2)9-3/h6-8H,4-5H2,1-3H3/t6-,7-/m0/s1. The Kier molecular flexibility index (Phi) is 5.58. The molecular weight excluding hydrogens is 132 g/mol. The Morgan fingerprint density at radius 1 is 1.30 bits per heavy atom. The SMILES string of the molecule is CC[C@@H](OC)O[C@H](O)CC. The summed E-state index contributed by atoms with van der Waals surface area (Å²) in [5.41, 5.74) is 0. The van der Waals surface area contributed by atoms with Crippen molar-refractivity contribution in [3.8, 4) is 0 Å². The first-order valence-electron chi connectivity index (χ1n) is 3.60. The van der Waals surface area contributed by atoms with Crippen LogP contribution in [0.3, 0.4) is 0 Å². The van der Waals surface area contributed by atoms with Crippen LogP contribution in [0.1, 0.15) is 26.7 Å². The van der Waals surface area contributed by atoms with Crippen LogP contribution in [0.15, 0.2) is 0 Å². The Balaban J connectivity index is 3.41. The summed E-state index contributed by atoms with van der Waals surface area (Å²) in [4.78, 5) is 0. The molecule has 3 heteroatoms. The first kappa shape index (κ1) is 9.88. The van der Waals surface area contributed by atoms with E-state index >= 15 is 0 Å². The first-order valence-corrected chi connectivity index (χ1v) is 3.60. The van der Waals surface area contributed by atoms with E-state index in [1.807, 2.05) is 13.8 Å². The van der Waals surface area contributed by atoms with Gasteiger partial charge in [-0.3, -0.25) is 0 Å². The molecule has 0 saturated carbocycles. The molecule has 0 aromatic rings. The van der Waals surface area contributed by atoms with Crippen LogP contribution in [0.4, 0.5) is 0 Å². The molecule has 0 aromatic heterocycles. The van der Waals surface area contributed by atoms with Crippen molar-refractivity contribution in [1.29, 1.82) is 0 Å². The average Bonchev–Trinajstić information content (AvgIpc) is 1.99. The summed E-state index contributed by atoms with van der Waals surface area (Å²) >= 11 is 0. The Hall–Kier alpha value is -0.120. The molecule has 0 saturated heterocycles. The average molecular weight is 148 g/mol. The molecule has 62 valence electrons. The van der Waals surface area contributed by atoms with Gasteiger partial charge in [0.25, 0.3) is 0 Å². The Morgan fingerprint density at radius 2 is 1.90 bits per heavy atom. The highest BCUT2D eigenvalue weighted by molar-refractivity contribution is 4.40. The monoisotopic (exact) mass is 148 g/mol. The Bertz CT molecular complexity index is 71.3. The van der Waals surface area contributed by atoms with E-state index in [1.165, 1.54) is 0 Å². The lowest BCUT2D eigenvalue weighted by atomic mass is 10.4. The van der Waals surface area contributed by atoms with Crippen molar-refractivity contribution in [2.75, 3.05) is 7.11 Å². The molecule has 2 atom stereocenters. The van der Waals surface area contributed by atoms with Crippen LogP contribution < -0.4 is 0 Å². The molecule has 0 amide bonds. The van der Waals surface area contributed by atoms with Crippen LogP contribution in [0, 0.1) is 0 Å². The summed E-state index contributed by atoms with van der Waals surface area (Å²) in [5.74, 6) is 0. The summed E-state index contributed by atoms with van der Waals surface area (Å²) < 4.78 is 9.92. The maximum atomic E-state index is 8.99. The third-order valence-electron chi connectivity index (χ3n) is 1.25. The van der Waals surface area contributed by atoms with Gasteiger partial charge in [-0.05, 0) is 12.8 Å². The molecule has 0 fully saturated rings. The van der Waals surface area contributed by atoms with Crippen LogP contribution in [0.2, 0.25) is 0 Å². The lowest BCUT2D eigenvalue weighted by molar-refractivity contribution is -0.219. The maximum absolute atomic E-state index is 8.99. The van der Waals surface area contributed by atoms with Crippen LogP contribution in [-0.2, 0) is 9.47 Å². The van der Waals surface area contributed by atoms with Gasteiger partial charge in [-0.15, -0.1) is 0 Å². The largest absolute Gasteiger partial charge is 0.368 e. The van der Waals surface area contributed by atoms with Crippen LogP contribution in [0.5, 0.6) is 0 Å². The molecule has 0 rings (SSSR count). The lowest BCUT2D eigenvalue weighted by Crippen LogP contribution is -2.22. The van der Waals surface area contributed by atoms with Gasteiger partial charge in [0.05, 0.1) is 0 Å². The van der Waals surface area contributed by atoms with E-state index in [0.29, 0.717) is 6.42 Å². The molecule has 1 N–H and O–H groups in total. The topological polar surface area (TPSA) is 38.7 Å². The van der Waals surface area contributed by atoms with Crippen molar-refractivity contribution in [3.05, 3.63) is 0 Å². The van der Waals surface area contributed by atoms with Gasteiger partial charge in [-0.1, -0.05) is 13.8 Å². The summed E-state index contributed by atoms with van der Waals surface area (Å²) in [6.45, 7) is 3.80. The molecular formula is C7H16O3. The molecule has 0 aliphatic carbocycles. The number of ether oxygens (including phenoxy) is 2. The third-order valence-corrected chi connectivity index (χ3v) is 1.25. The number of aliphatic hydroxyl groups excluding tert-OH is 1. The van der Waals surface area contributed by atoms with E-state index in [4.69, 9.17) is 14.6 Å². The fourth-order valence-corrected chi connectivity index (χ4v) is 0.590. The molecule has 10 heavy (non-hydrogen) atoms. The van der Waals surface area contributed by atoms with Gasteiger partial charge in [-0.2, -0.15) is 0 Å². The van der Waals surface area contributed by atoms with E-state index in [2.05, 4.69) is 0 Å². The van der Waals surface area contributed by atoms with Crippen LogP contribution in [0.25, 0.3) is 0 Å². The fourth-order valence-electron chi connectivity index (χ4n) is 0.590. The Labute approximate surface area is 62.0 Å². The highest BCUT2D eigenvalue weighted by atomic mass is 16.7. The molecule has 0 spiro atoms. The minimum absolute atomic E-state index is 0.269. The first-order chi connectivity index (χ1) is 4.74. The molecule has 3 nitrogen and oxygen atoms in total. The highest BCUT2D eigenvalue weighted by Crippen LogP contribution is 2.03. The second kappa shape index (κ2) is 5.65. The van der Waals surface area contributed by atoms with Gasteiger partial charge in [0.2, 0.25) is 0 Å². The van der Waals surface area contributed by atoms with Gasteiger partial charge in [0.15, 0.2) is 12.6 Å². The molecule has 0 bridgehead atoms. The molecule has 0 aromatic carbocycles. The predicted molar refractivity (Wildman–Crippen MR) is 38.5 cm³/mol. The van der Waals surface area contributed by atoms with Crippen molar-refractivity contribution in [2.24, 2.45) is 0 Å². The summed E-state index contributed by atoms with van der Waals surface area (Å²) in [6.07, 6.45) is 0.396. The molecule has 0 radical (unpaired) electrons. The summed E-state index contributed by atoms with van der Waals surface area (Å²) in [5, 5.41) is 8.99. The van der Waals surface area contributed by atoms with Gasteiger partial charge in [0.1, 0.15) is 0 Å². The number of hydrogen-bond acceptors (Lipinski definition) is 3. The van der Waals surface area contributed by atoms with Crippen LogP contribution in [-0.4, -0.2) is 24.8 Å². The van der Waals surface area contributed by atoms with Crippen molar-refractivity contribution in [2.45, 2.75) is 39.3 Å². The number of aliphatic hydroxyl groups is 1. The minimum atomic E-state index is -0.690. The van der Waals surface area contributed by atoms with Gasteiger partial charge in [-0.25, -0.2) is 0 Å². The summed E-state index contributed by atoms with van der Waals surface area (Å²) in [6, 6.07) is 0. The van der Waals surface area contributed by atoms with Crippen LogP contribution >= 0.6 is 0 Å². The molecule has 0 aliphatic rings.